The molecule has 0 bridgehead atoms. The largest absolute Gasteiger partial charge is 0.292 e. The molecule has 1 heterocycles. The van der Waals surface area contributed by atoms with Crippen molar-refractivity contribution < 1.29 is 14.4 Å². The maximum atomic E-state index is 12.3. The molecule has 0 aromatic heterocycles. The van der Waals surface area contributed by atoms with Crippen molar-refractivity contribution in [1.82, 2.24) is 4.90 Å². The number of aryl methyl sites for hydroxylation is 2. The second-order valence-corrected chi connectivity index (χ2v) is 6.76. The van der Waals surface area contributed by atoms with Crippen LogP contribution in [0.1, 0.15) is 35.3 Å². The molecule has 110 valence electrons. The third kappa shape index (κ3) is 1.93. The Morgan fingerprint density at radius 3 is 2.19 bits per heavy atom. The number of ketones is 1. The Morgan fingerprint density at radius 2 is 1.67 bits per heavy atom. The molecule has 1 aliphatic heterocycles. The molecule has 1 saturated heterocycles. The minimum Gasteiger partial charge on any atom is -0.292 e. The van der Waals surface area contributed by atoms with Gasteiger partial charge in [0.05, 0.1) is 18.4 Å². The first kappa shape index (κ1) is 14.0. The Hall–Kier alpha value is -1.97. The molecule has 2 amide bonds. The topological polar surface area (TPSA) is 54.5 Å². The van der Waals surface area contributed by atoms with Crippen LogP contribution in [0.4, 0.5) is 0 Å². The van der Waals surface area contributed by atoms with Crippen molar-refractivity contribution in [1.29, 1.82) is 0 Å². The van der Waals surface area contributed by atoms with Crippen molar-refractivity contribution in [3.63, 3.8) is 0 Å². The lowest BCUT2D eigenvalue weighted by atomic mass is 10.0. The Morgan fingerprint density at radius 1 is 1.10 bits per heavy atom. The number of likely N-dealkylation sites (tertiary alicyclic amines) is 1. The first-order chi connectivity index (χ1) is 9.75. The number of hydrogen-bond donors (Lipinski definition) is 0. The van der Waals surface area contributed by atoms with E-state index in [1.165, 1.54) is 0 Å². The Bertz CT molecular complexity index is 651. The normalized spacial score (nSPS) is 26.0. The van der Waals surface area contributed by atoms with Crippen LogP contribution in [-0.4, -0.2) is 29.0 Å². The molecule has 4 nitrogen and oxygen atoms in total. The Kier molecular flexibility index (Phi) is 2.84. The maximum absolute atomic E-state index is 12.3. The van der Waals surface area contributed by atoms with Gasteiger partial charge < -0.3 is 0 Å². The summed E-state index contributed by atoms with van der Waals surface area (Å²) in [5.74, 6) is -1.01. The van der Waals surface area contributed by atoms with Gasteiger partial charge in [-0.15, -0.1) is 0 Å². The smallest absolute Gasteiger partial charge is 0.234 e. The molecule has 1 aliphatic carbocycles. The van der Waals surface area contributed by atoms with Crippen LogP contribution in [0.25, 0.3) is 0 Å². The van der Waals surface area contributed by atoms with Gasteiger partial charge in [0.2, 0.25) is 11.8 Å². The van der Waals surface area contributed by atoms with E-state index in [4.69, 9.17) is 0 Å². The number of carbonyl (C=O) groups is 3. The monoisotopic (exact) mass is 285 g/mol. The molecule has 2 aliphatic rings. The van der Waals surface area contributed by atoms with E-state index in [0.717, 1.165) is 16.0 Å². The highest BCUT2D eigenvalue weighted by Gasteiger charge is 2.72. The zero-order valence-electron chi connectivity index (χ0n) is 12.8. The number of piperidine rings is 1. The number of benzene rings is 1. The van der Waals surface area contributed by atoms with Crippen molar-refractivity contribution in [2.24, 2.45) is 17.3 Å². The fourth-order valence-electron chi connectivity index (χ4n) is 3.31. The molecule has 4 heteroatoms. The van der Waals surface area contributed by atoms with Gasteiger partial charge in [-0.05, 0) is 36.5 Å². The van der Waals surface area contributed by atoms with E-state index >= 15 is 0 Å². The quantitative estimate of drug-likeness (QED) is 0.631. The van der Waals surface area contributed by atoms with Gasteiger partial charge in [0.1, 0.15) is 0 Å². The number of Topliss-reactive ketones (excluding diaryl/α,β-unsaturated/α-hetero) is 1. The molecule has 1 aromatic carbocycles. The summed E-state index contributed by atoms with van der Waals surface area (Å²) in [6.45, 7) is 7.65. The minimum atomic E-state index is -0.228. The van der Waals surface area contributed by atoms with E-state index in [0.29, 0.717) is 5.56 Å². The van der Waals surface area contributed by atoms with E-state index < -0.39 is 0 Å². The highest BCUT2D eigenvalue weighted by Crippen LogP contribution is 2.63. The molecular weight excluding hydrogens is 266 g/mol. The van der Waals surface area contributed by atoms with Crippen LogP contribution in [0.15, 0.2) is 18.2 Å². The van der Waals surface area contributed by atoms with Gasteiger partial charge >= 0.3 is 0 Å². The summed E-state index contributed by atoms with van der Waals surface area (Å²) < 4.78 is 0. The molecule has 0 spiro atoms. The highest BCUT2D eigenvalue weighted by atomic mass is 16.2. The number of fused-ring (bicyclic) bond motifs is 1. The minimum absolute atomic E-state index is 0.136. The number of carbonyl (C=O) groups excluding carboxylic acids is 3. The Balaban J connectivity index is 1.76. The summed E-state index contributed by atoms with van der Waals surface area (Å²) in [4.78, 5) is 37.9. The lowest BCUT2D eigenvalue weighted by molar-refractivity contribution is -0.142. The summed E-state index contributed by atoms with van der Waals surface area (Å²) >= 11 is 0. The maximum Gasteiger partial charge on any atom is 0.234 e. The first-order valence-electron chi connectivity index (χ1n) is 7.21. The van der Waals surface area contributed by atoms with E-state index in [1.807, 2.05) is 39.8 Å². The fraction of sp³-hybridized carbons (Fsp3) is 0.471. The van der Waals surface area contributed by atoms with Crippen LogP contribution in [0, 0.1) is 31.1 Å². The molecule has 21 heavy (non-hydrogen) atoms. The van der Waals surface area contributed by atoms with E-state index in [1.54, 1.807) is 6.07 Å². The predicted octanol–water partition coefficient (Wildman–Crippen LogP) is 2.13. The van der Waals surface area contributed by atoms with Crippen molar-refractivity contribution in [2.75, 3.05) is 6.54 Å². The average molecular weight is 285 g/mol. The van der Waals surface area contributed by atoms with Crippen LogP contribution in [0.2, 0.25) is 0 Å². The van der Waals surface area contributed by atoms with E-state index in [-0.39, 0.29) is 41.4 Å². The third-order valence-corrected chi connectivity index (χ3v) is 5.02. The molecule has 2 unspecified atom stereocenters. The summed E-state index contributed by atoms with van der Waals surface area (Å²) in [5, 5.41) is 0. The second-order valence-electron chi connectivity index (χ2n) is 6.76. The van der Waals surface area contributed by atoms with Crippen LogP contribution < -0.4 is 0 Å². The van der Waals surface area contributed by atoms with Gasteiger partial charge in [0.25, 0.3) is 0 Å². The molecule has 1 aromatic rings. The van der Waals surface area contributed by atoms with Gasteiger partial charge in [-0.1, -0.05) is 26.0 Å². The van der Waals surface area contributed by atoms with Crippen molar-refractivity contribution in [3.05, 3.63) is 34.9 Å². The summed E-state index contributed by atoms with van der Waals surface area (Å²) in [6.07, 6.45) is 0. The van der Waals surface area contributed by atoms with Crippen LogP contribution in [-0.2, 0) is 9.59 Å². The first-order valence-corrected chi connectivity index (χ1v) is 7.21. The van der Waals surface area contributed by atoms with Crippen molar-refractivity contribution >= 4 is 17.6 Å². The zero-order chi connectivity index (χ0) is 15.5. The van der Waals surface area contributed by atoms with Gasteiger partial charge in [-0.3, -0.25) is 19.3 Å². The molecular formula is C17H19NO3. The van der Waals surface area contributed by atoms with E-state index in [2.05, 4.69) is 0 Å². The van der Waals surface area contributed by atoms with Crippen LogP contribution in [0.3, 0.4) is 0 Å². The van der Waals surface area contributed by atoms with Gasteiger partial charge in [-0.25, -0.2) is 0 Å². The summed E-state index contributed by atoms with van der Waals surface area (Å²) in [7, 11) is 0. The molecule has 2 atom stereocenters. The molecule has 0 N–H and O–H groups in total. The molecule has 2 fully saturated rings. The van der Waals surface area contributed by atoms with Crippen molar-refractivity contribution in [2.45, 2.75) is 27.7 Å². The number of rotatable bonds is 3. The zero-order valence-corrected chi connectivity index (χ0v) is 12.8. The highest BCUT2D eigenvalue weighted by molar-refractivity contribution is 6.13. The number of amides is 2. The third-order valence-electron chi connectivity index (χ3n) is 5.02. The SMILES string of the molecule is Cc1ccc(C(=O)CN2C(=O)C3C(C2=O)C3(C)C)cc1C. The van der Waals surface area contributed by atoms with Crippen molar-refractivity contribution in [3.8, 4) is 0 Å². The molecule has 3 rings (SSSR count). The summed E-state index contributed by atoms with van der Waals surface area (Å²) in [6, 6.07) is 5.45. The molecule has 1 saturated carbocycles. The number of imide groups is 1. The van der Waals surface area contributed by atoms with Gasteiger partial charge in [0, 0.05) is 5.56 Å². The summed E-state index contributed by atoms with van der Waals surface area (Å²) in [5.41, 5.74) is 2.47. The lowest BCUT2D eigenvalue weighted by Crippen LogP contribution is -2.39. The second kappa shape index (κ2) is 4.26. The predicted molar refractivity (Wildman–Crippen MR) is 77.7 cm³/mol. The number of nitrogens with zero attached hydrogens (tertiary/aromatic N) is 1. The van der Waals surface area contributed by atoms with Crippen LogP contribution >= 0.6 is 0 Å². The molecule has 0 radical (unpaired) electrons. The Labute approximate surface area is 124 Å². The van der Waals surface area contributed by atoms with E-state index in [9.17, 15) is 14.4 Å². The van der Waals surface area contributed by atoms with Crippen LogP contribution in [0.5, 0.6) is 0 Å². The van der Waals surface area contributed by atoms with Gasteiger partial charge in [-0.2, -0.15) is 0 Å². The fourth-order valence-corrected chi connectivity index (χ4v) is 3.31. The standard InChI is InChI=1S/C17H19NO3/c1-9-5-6-11(7-10(9)2)12(19)8-18-15(20)13-14(16(18)21)17(13,3)4/h5-7,13-14H,8H2,1-4H3. The average Bonchev–Trinajstić information content (AvgIpc) is 2.89. The lowest BCUT2D eigenvalue weighted by Gasteiger charge is -2.19. The number of hydrogen-bond acceptors (Lipinski definition) is 3. The van der Waals surface area contributed by atoms with Gasteiger partial charge in [0.15, 0.2) is 5.78 Å².